The highest BCUT2D eigenvalue weighted by Gasteiger charge is 2.23. The number of benzene rings is 1. The van der Waals surface area contributed by atoms with Gasteiger partial charge in [0, 0.05) is 25.7 Å². The molecule has 1 aromatic carbocycles. The average molecular weight is 238 g/mol. The van der Waals surface area contributed by atoms with Crippen LogP contribution in [-0.4, -0.2) is 36.7 Å². The van der Waals surface area contributed by atoms with Gasteiger partial charge in [0.1, 0.15) is 5.82 Å². The molecule has 17 heavy (non-hydrogen) atoms. The van der Waals surface area contributed by atoms with Crippen LogP contribution >= 0.6 is 0 Å². The molecule has 1 fully saturated rings. The van der Waals surface area contributed by atoms with Gasteiger partial charge in [0.15, 0.2) is 0 Å². The van der Waals surface area contributed by atoms with Crippen LogP contribution in [0.1, 0.15) is 12.5 Å². The molecule has 0 amide bonds. The molecule has 0 saturated carbocycles. The molecule has 0 aliphatic carbocycles. The van der Waals surface area contributed by atoms with Gasteiger partial charge in [-0.25, -0.2) is 4.39 Å². The number of halogens is 1. The van der Waals surface area contributed by atoms with Gasteiger partial charge in [-0.1, -0.05) is 12.1 Å². The van der Waals surface area contributed by atoms with E-state index in [9.17, 15) is 4.39 Å². The van der Waals surface area contributed by atoms with Crippen molar-refractivity contribution in [3.63, 3.8) is 0 Å². The summed E-state index contributed by atoms with van der Waals surface area (Å²) < 4.78 is 18.4. The van der Waals surface area contributed by atoms with E-state index in [1.807, 2.05) is 19.1 Å². The average Bonchev–Trinajstić information content (AvgIpc) is 2.32. The van der Waals surface area contributed by atoms with E-state index in [0.717, 1.165) is 25.2 Å². The number of hydrogen-bond donors (Lipinski definition) is 1. The number of morpholine rings is 1. The summed E-state index contributed by atoms with van der Waals surface area (Å²) in [7, 11) is 0. The molecule has 1 saturated heterocycles. The van der Waals surface area contributed by atoms with Gasteiger partial charge in [-0.15, -0.1) is 0 Å². The summed E-state index contributed by atoms with van der Waals surface area (Å²) in [6, 6.07) is 6.70. The maximum Gasteiger partial charge on any atom is 0.123 e. The largest absolute Gasteiger partial charge is 0.374 e. The fourth-order valence-electron chi connectivity index (χ4n) is 2.04. The number of nitrogens with two attached hydrogens (primary N) is 1. The van der Waals surface area contributed by atoms with E-state index in [1.54, 1.807) is 0 Å². The lowest BCUT2D eigenvalue weighted by molar-refractivity contribution is -0.0403. The molecule has 0 spiro atoms. The van der Waals surface area contributed by atoms with Crippen LogP contribution in [0, 0.1) is 5.82 Å². The minimum atomic E-state index is -0.191. The van der Waals surface area contributed by atoms with Crippen LogP contribution < -0.4 is 5.73 Å². The molecule has 0 bridgehead atoms. The van der Waals surface area contributed by atoms with Crippen LogP contribution in [0.5, 0.6) is 0 Å². The Morgan fingerprint density at radius 3 is 2.82 bits per heavy atom. The zero-order valence-corrected chi connectivity index (χ0v) is 10.1. The van der Waals surface area contributed by atoms with Gasteiger partial charge in [0.25, 0.3) is 0 Å². The molecule has 2 rings (SSSR count). The minimum Gasteiger partial charge on any atom is -0.374 e. The summed E-state index contributed by atoms with van der Waals surface area (Å²) in [4.78, 5) is 2.30. The summed E-state index contributed by atoms with van der Waals surface area (Å²) in [5, 5.41) is 0. The molecule has 0 radical (unpaired) electrons. The highest BCUT2D eigenvalue weighted by molar-refractivity contribution is 5.16. The summed E-state index contributed by atoms with van der Waals surface area (Å²) in [6.07, 6.45) is 0.101. The van der Waals surface area contributed by atoms with Crippen LogP contribution in [0.15, 0.2) is 24.3 Å². The highest BCUT2D eigenvalue weighted by Crippen LogP contribution is 2.12. The Morgan fingerprint density at radius 2 is 2.18 bits per heavy atom. The van der Waals surface area contributed by atoms with E-state index in [2.05, 4.69) is 4.90 Å². The number of rotatable bonds is 3. The second-order valence-corrected chi connectivity index (χ2v) is 4.63. The summed E-state index contributed by atoms with van der Waals surface area (Å²) in [5.74, 6) is -0.191. The number of ether oxygens (including phenoxy) is 1. The SMILES string of the molecule is CC(N)C1CN(Cc2ccc(F)cc2)CCO1. The van der Waals surface area contributed by atoms with Crippen LogP contribution in [0.2, 0.25) is 0 Å². The quantitative estimate of drug-likeness (QED) is 0.864. The van der Waals surface area contributed by atoms with Gasteiger partial charge in [0.05, 0.1) is 12.7 Å². The minimum absolute atomic E-state index is 0.0472. The molecule has 2 unspecified atom stereocenters. The smallest absolute Gasteiger partial charge is 0.123 e. The topological polar surface area (TPSA) is 38.5 Å². The first-order valence-electron chi connectivity index (χ1n) is 5.99. The third kappa shape index (κ3) is 3.49. The van der Waals surface area contributed by atoms with Crippen molar-refractivity contribution in [1.29, 1.82) is 0 Å². The van der Waals surface area contributed by atoms with Gasteiger partial charge in [-0.3, -0.25) is 4.90 Å². The van der Waals surface area contributed by atoms with Crippen LogP contribution in [0.3, 0.4) is 0 Å². The molecule has 2 atom stereocenters. The summed E-state index contributed by atoms with van der Waals surface area (Å²) >= 11 is 0. The van der Waals surface area contributed by atoms with Gasteiger partial charge in [0.2, 0.25) is 0 Å². The van der Waals surface area contributed by atoms with E-state index in [4.69, 9.17) is 10.5 Å². The Bertz CT molecular complexity index is 353. The molecule has 2 N–H and O–H groups in total. The van der Waals surface area contributed by atoms with E-state index >= 15 is 0 Å². The Hall–Kier alpha value is -0.970. The van der Waals surface area contributed by atoms with E-state index in [-0.39, 0.29) is 18.0 Å². The molecule has 1 aromatic rings. The van der Waals surface area contributed by atoms with Crippen molar-refractivity contribution in [2.75, 3.05) is 19.7 Å². The van der Waals surface area contributed by atoms with E-state index < -0.39 is 0 Å². The Kier molecular flexibility index (Phi) is 4.10. The van der Waals surface area contributed by atoms with Gasteiger partial charge in [-0.05, 0) is 24.6 Å². The fourth-order valence-corrected chi connectivity index (χ4v) is 2.04. The van der Waals surface area contributed by atoms with Crippen molar-refractivity contribution in [2.24, 2.45) is 5.73 Å². The number of nitrogens with zero attached hydrogens (tertiary/aromatic N) is 1. The zero-order chi connectivity index (χ0) is 12.3. The predicted octanol–water partition coefficient (Wildman–Crippen LogP) is 1.37. The lowest BCUT2D eigenvalue weighted by Crippen LogP contribution is -2.49. The standard InChI is InChI=1S/C13H19FN2O/c1-10(15)13-9-16(6-7-17-13)8-11-2-4-12(14)5-3-11/h2-5,10,13H,6-9,15H2,1H3. The molecular weight excluding hydrogens is 219 g/mol. The number of hydrogen-bond acceptors (Lipinski definition) is 3. The van der Waals surface area contributed by atoms with Crippen LogP contribution in [0.4, 0.5) is 4.39 Å². The maximum absolute atomic E-state index is 12.8. The fraction of sp³-hybridized carbons (Fsp3) is 0.538. The third-order valence-electron chi connectivity index (χ3n) is 3.08. The first-order valence-corrected chi connectivity index (χ1v) is 5.99. The molecular formula is C13H19FN2O. The van der Waals surface area contributed by atoms with Crippen molar-refractivity contribution < 1.29 is 9.13 Å². The van der Waals surface area contributed by atoms with Crippen LogP contribution in [-0.2, 0) is 11.3 Å². The van der Waals surface area contributed by atoms with Gasteiger partial charge in [-0.2, -0.15) is 0 Å². The Balaban J connectivity index is 1.92. The molecule has 1 aliphatic heterocycles. The second kappa shape index (κ2) is 5.58. The first kappa shape index (κ1) is 12.5. The normalized spacial score (nSPS) is 23.6. The molecule has 1 aliphatic rings. The van der Waals surface area contributed by atoms with Crippen molar-refractivity contribution in [1.82, 2.24) is 4.90 Å². The summed E-state index contributed by atoms with van der Waals surface area (Å²) in [5.41, 5.74) is 6.96. The monoisotopic (exact) mass is 238 g/mol. The summed E-state index contributed by atoms with van der Waals surface area (Å²) in [6.45, 7) is 5.25. The molecule has 4 heteroatoms. The van der Waals surface area contributed by atoms with Crippen molar-refractivity contribution in [3.05, 3.63) is 35.6 Å². The second-order valence-electron chi connectivity index (χ2n) is 4.63. The molecule has 3 nitrogen and oxygen atoms in total. The Morgan fingerprint density at radius 1 is 1.47 bits per heavy atom. The van der Waals surface area contributed by atoms with Crippen molar-refractivity contribution in [2.45, 2.75) is 25.6 Å². The predicted molar refractivity (Wildman–Crippen MR) is 65.1 cm³/mol. The lowest BCUT2D eigenvalue weighted by Gasteiger charge is -2.34. The lowest BCUT2D eigenvalue weighted by atomic mass is 10.1. The van der Waals surface area contributed by atoms with Crippen LogP contribution in [0.25, 0.3) is 0 Å². The van der Waals surface area contributed by atoms with Crippen molar-refractivity contribution in [3.8, 4) is 0 Å². The van der Waals surface area contributed by atoms with E-state index in [0.29, 0.717) is 6.61 Å². The van der Waals surface area contributed by atoms with Gasteiger partial charge < -0.3 is 10.5 Å². The highest BCUT2D eigenvalue weighted by atomic mass is 19.1. The Labute approximate surface area is 101 Å². The molecule has 0 aromatic heterocycles. The first-order chi connectivity index (χ1) is 8.15. The zero-order valence-electron chi connectivity index (χ0n) is 10.1. The van der Waals surface area contributed by atoms with E-state index in [1.165, 1.54) is 12.1 Å². The van der Waals surface area contributed by atoms with Gasteiger partial charge >= 0.3 is 0 Å². The maximum atomic E-state index is 12.8. The molecule has 94 valence electrons. The van der Waals surface area contributed by atoms with Crippen molar-refractivity contribution >= 4 is 0 Å². The molecule has 1 heterocycles. The third-order valence-corrected chi connectivity index (χ3v) is 3.08.